The fourth-order valence-corrected chi connectivity index (χ4v) is 2.54. The van der Waals surface area contributed by atoms with Crippen LogP contribution in [0.25, 0.3) is 11.3 Å². The summed E-state index contributed by atoms with van der Waals surface area (Å²) in [6.07, 6.45) is 0. The van der Waals surface area contributed by atoms with E-state index in [0.717, 1.165) is 0 Å². The number of aliphatic hydroxyl groups is 1. The first-order valence-corrected chi connectivity index (χ1v) is 7.00. The van der Waals surface area contributed by atoms with Gasteiger partial charge in [0.05, 0.1) is 16.7 Å². The van der Waals surface area contributed by atoms with Crippen molar-refractivity contribution in [2.24, 2.45) is 0 Å². The number of halogens is 2. The minimum Gasteiger partial charge on any atom is -0.395 e. The Balaban J connectivity index is 2.55. The molecule has 2 rings (SSSR count). The van der Waals surface area contributed by atoms with E-state index in [1.54, 1.807) is 32.2 Å². The maximum atomic E-state index is 12.5. The SMILES string of the molecule is Cc1onc(-c2c(Cl)cccc2Cl)c1C(=O)N(C)CCO. The summed E-state index contributed by atoms with van der Waals surface area (Å²) < 4.78 is 5.13. The average molecular weight is 329 g/mol. The summed E-state index contributed by atoms with van der Waals surface area (Å²) in [7, 11) is 1.59. The zero-order valence-corrected chi connectivity index (χ0v) is 13.1. The molecule has 0 bridgehead atoms. The van der Waals surface area contributed by atoms with Gasteiger partial charge in [-0.15, -0.1) is 0 Å². The Bertz CT molecular complexity index is 650. The highest BCUT2D eigenvalue weighted by atomic mass is 35.5. The van der Waals surface area contributed by atoms with Crippen molar-refractivity contribution >= 4 is 29.1 Å². The molecule has 0 aliphatic rings. The van der Waals surface area contributed by atoms with Crippen molar-refractivity contribution in [1.29, 1.82) is 0 Å². The van der Waals surface area contributed by atoms with Crippen LogP contribution >= 0.6 is 23.2 Å². The maximum absolute atomic E-state index is 12.5. The van der Waals surface area contributed by atoms with Crippen molar-refractivity contribution in [2.75, 3.05) is 20.2 Å². The number of amides is 1. The predicted octanol–water partition coefficient (Wildman–Crippen LogP) is 3.02. The van der Waals surface area contributed by atoms with Crippen LogP contribution < -0.4 is 0 Å². The molecule has 2 aromatic rings. The number of carbonyl (C=O) groups is 1. The Morgan fingerprint density at radius 3 is 2.57 bits per heavy atom. The van der Waals surface area contributed by atoms with E-state index in [1.807, 2.05) is 0 Å². The van der Waals surface area contributed by atoms with Crippen molar-refractivity contribution in [3.8, 4) is 11.3 Å². The Labute approximate surface area is 132 Å². The number of carbonyl (C=O) groups excluding carboxylic acids is 1. The molecule has 1 aromatic heterocycles. The summed E-state index contributed by atoms with van der Waals surface area (Å²) in [6, 6.07) is 5.04. The normalized spacial score (nSPS) is 10.7. The van der Waals surface area contributed by atoms with Gasteiger partial charge in [0.15, 0.2) is 0 Å². The van der Waals surface area contributed by atoms with Crippen molar-refractivity contribution in [2.45, 2.75) is 6.92 Å². The zero-order chi connectivity index (χ0) is 15.6. The van der Waals surface area contributed by atoms with E-state index < -0.39 is 0 Å². The molecule has 112 valence electrons. The third kappa shape index (κ3) is 3.05. The summed E-state index contributed by atoms with van der Waals surface area (Å²) in [6.45, 7) is 1.72. The van der Waals surface area contributed by atoms with Crippen LogP contribution in [0.5, 0.6) is 0 Å². The third-order valence-electron chi connectivity index (χ3n) is 3.06. The van der Waals surface area contributed by atoms with E-state index >= 15 is 0 Å². The molecular formula is C14H14Cl2N2O3. The number of nitrogens with zero attached hydrogens (tertiary/aromatic N) is 2. The molecule has 0 saturated carbocycles. The monoisotopic (exact) mass is 328 g/mol. The molecule has 7 heteroatoms. The molecular weight excluding hydrogens is 315 g/mol. The number of hydrogen-bond acceptors (Lipinski definition) is 4. The first-order chi connectivity index (χ1) is 9.97. The first kappa shape index (κ1) is 15.8. The quantitative estimate of drug-likeness (QED) is 0.936. The third-order valence-corrected chi connectivity index (χ3v) is 3.69. The second-order valence-corrected chi connectivity index (χ2v) is 5.32. The Kier molecular flexibility index (Phi) is 4.88. The molecule has 1 heterocycles. The van der Waals surface area contributed by atoms with Crippen LogP contribution in [0.1, 0.15) is 16.1 Å². The number of aliphatic hydroxyl groups excluding tert-OH is 1. The van der Waals surface area contributed by atoms with E-state index in [-0.39, 0.29) is 19.1 Å². The molecule has 0 radical (unpaired) electrons. The van der Waals surface area contributed by atoms with E-state index in [0.29, 0.717) is 32.6 Å². The van der Waals surface area contributed by atoms with Crippen LogP contribution in [0.2, 0.25) is 10.0 Å². The van der Waals surface area contributed by atoms with Gasteiger partial charge in [-0.05, 0) is 19.1 Å². The lowest BCUT2D eigenvalue weighted by molar-refractivity contribution is 0.0766. The number of hydrogen-bond donors (Lipinski definition) is 1. The Hall–Kier alpha value is -1.56. The minimum atomic E-state index is -0.311. The van der Waals surface area contributed by atoms with Crippen LogP contribution in [-0.4, -0.2) is 41.3 Å². The van der Waals surface area contributed by atoms with Crippen LogP contribution in [0.15, 0.2) is 22.7 Å². The minimum absolute atomic E-state index is 0.130. The largest absolute Gasteiger partial charge is 0.395 e. The molecule has 0 aliphatic carbocycles. The topological polar surface area (TPSA) is 66.6 Å². The van der Waals surface area contributed by atoms with Gasteiger partial charge >= 0.3 is 0 Å². The zero-order valence-electron chi connectivity index (χ0n) is 11.6. The van der Waals surface area contributed by atoms with Gasteiger partial charge in [-0.2, -0.15) is 0 Å². The van der Waals surface area contributed by atoms with E-state index in [1.165, 1.54) is 4.90 Å². The highest BCUT2D eigenvalue weighted by molar-refractivity contribution is 6.39. The van der Waals surface area contributed by atoms with Gasteiger partial charge in [0.2, 0.25) is 0 Å². The highest BCUT2D eigenvalue weighted by Gasteiger charge is 2.26. The van der Waals surface area contributed by atoms with Gasteiger partial charge in [-0.25, -0.2) is 0 Å². The molecule has 1 amide bonds. The van der Waals surface area contributed by atoms with Crippen LogP contribution in [0.4, 0.5) is 0 Å². The molecule has 0 atom stereocenters. The number of rotatable bonds is 4. The predicted molar refractivity (Wildman–Crippen MR) is 80.7 cm³/mol. The van der Waals surface area contributed by atoms with Crippen molar-refractivity contribution in [3.05, 3.63) is 39.6 Å². The second kappa shape index (κ2) is 6.47. The number of aromatic nitrogens is 1. The van der Waals surface area contributed by atoms with E-state index in [4.69, 9.17) is 32.8 Å². The van der Waals surface area contributed by atoms with Crippen LogP contribution in [0, 0.1) is 6.92 Å². The summed E-state index contributed by atoms with van der Waals surface area (Å²) >= 11 is 12.3. The van der Waals surface area contributed by atoms with Crippen LogP contribution in [0.3, 0.4) is 0 Å². The standard InChI is InChI=1S/C14H14Cl2N2O3/c1-8-11(14(20)18(2)6-7-19)13(17-21-8)12-9(15)4-3-5-10(12)16/h3-5,19H,6-7H2,1-2H3. The molecule has 0 fully saturated rings. The van der Waals surface area contributed by atoms with Gasteiger partial charge in [0, 0.05) is 19.2 Å². The lowest BCUT2D eigenvalue weighted by atomic mass is 10.0. The maximum Gasteiger partial charge on any atom is 0.259 e. The highest BCUT2D eigenvalue weighted by Crippen LogP contribution is 2.37. The smallest absolute Gasteiger partial charge is 0.259 e. The molecule has 0 saturated heterocycles. The van der Waals surface area contributed by atoms with E-state index in [2.05, 4.69) is 5.16 Å². The molecule has 1 N–H and O–H groups in total. The summed E-state index contributed by atoms with van der Waals surface area (Å²) in [5.74, 6) is 0.0598. The first-order valence-electron chi connectivity index (χ1n) is 6.24. The van der Waals surface area contributed by atoms with E-state index in [9.17, 15) is 4.79 Å². The average Bonchev–Trinajstić information content (AvgIpc) is 2.80. The molecule has 5 nitrogen and oxygen atoms in total. The van der Waals surface area contributed by atoms with Crippen molar-refractivity contribution in [3.63, 3.8) is 0 Å². The number of aryl methyl sites for hydroxylation is 1. The lowest BCUT2D eigenvalue weighted by Gasteiger charge is -2.16. The van der Waals surface area contributed by atoms with Gasteiger partial charge in [-0.3, -0.25) is 4.79 Å². The summed E-state index contributed by atoms with van der Waals surface area (Å²) in [5.41, 5.74) is 1.05. The van der Waals surface area contributed by atoms with Gasteiger partial charge in [0.1, 0.15) is 17.0 Å². The lowest BCUT2D eigenvalue weighted by Crippen LogP contribution is -2.30. The molecule has 0 spiro atoms. The van der Waals surface area contributed by atoms with Crippen molar-refractivity contribution < 1.29 is 14.4 Å². The Morgan fingerprint density at radius 2 is 2.00 bits per heavy atom. The number of benzene rings is 1. The fourth-order valence-electron chi connectivity index (χ4n) is 1.96. The molecule has 1 aromatic carbocycles. The van der Waals surface area contributed by atoms with Gasteiger partial charge < -0.3 is 14.5 Å². The van der Waals surface area contributed by atoms with Gasteiger partial charge in [0.25, 0.3) is 5.91 Å². The summed E-state index contributed by atoms with van der Waals surface area (Å²) in [5, 5.41) is 13.6. The Morgan fingerprint density at radius 1 is 1.38 bits per heavy atom. The fraction of sp³-hybridized carbons (Fsp3) is 0.286. The second-order valence-electron chi connectivity index (χ2n) is 4.51. The number of likely N-dealkylation sites (N-methyl/N-ethyl adjacent to an activating group) is 1. The van der Waals surface area contributed by atoms with Gasteiger partial charge in [-0.1, -0.05) is 34.4 Å². The molecule has 21 heavy (non-hydrogen) atoms. The van der Waals surface area contributed by atoms with Crippen molar-refractivity contribution in [1.82, 2.24) is 10.1 Å². The molecule has 0 unspecified atom stereocenters. The summed E-state index contributed by atoms with van der Waals surface area (Å²) in [4.78, 5) is 13.8. The van der Waals surface area contributed by atoms with Crippen LogP contribution in [-0.2, 0) is 0 Å². The molecule has 0 aliphatic heterocycles.